The summed E-state index contributed by atoms with van der Waals surface area (Å²) < 4.78 is 0. The zero-order valence-corrected chi connectivity index (χ0v) is 13.4. The Labute approximate surface area is 129 Å². The molecule has 0 aliphatic carbocycles. The van der Waals surface area contributed by atoms with E-state index in [1.54, 1.807) is 6.07 Å². The number of hydrogen-bond donors (Lipinski definition) is 1. The van der Waals surface area contributed by atoms with Crippen molar-refractivity contribution in [3.8, 4) is 0 Å². The average Bonchev–Trinajstić information content (AvgIpc) is 2.33. The van der Waals surface area contributed by atoms with E-state index in [4.69, 9.17) is 11.6 Å². The third-order valence-electron chi connectivity index (χ3n) is 2.49. The Morgan fingerprint density at radius 2 is 2.16 bits per heavy atom. The number of halogens is 1. The van der Waals surface area contributed by atoms with Crippen LogP contribution in [0.2, 0.25) is 5.02 Å². The number of nitrogens with zero attached hydrogens (tertiary/aromatic N) is 1. The van der Waals surface area contributed by atoms with Crippen LogP contribution in [-0.4, -0.2) is 23.8 Å². The molecule has 1 saturated heterocycles. The van der Waals surface area contributed by atoms with Crippen molar-refractivity contribution in [1.82, 2.24) is 5.32 Å². The molecule has 1 heterocycles. The van der Waals surface area contributed by atoms with Gasteiger partial charge in [-0.1, -0.05) is 0 Å². The SMILES string of the molecule is O=C1CCC([N-]C(=O)c2[c-]cc(Cl)cc2)C(=O)N1.[W+2]. The van der Waals surface area contributed by atoms with Crippen molar-refractivity contribution in [2.24, 2.45) is 0 Å². The number of carbonyl (C=O) groups is 3. The number of hydrogen-bond acceptors (Lipinski definition) is 3. The van der Waals surface area contributed by atoms with E-state index in [9.17, 15) is 14.4 Å². The second-order valence-electron chi connectivity index (χ2n) is 3.82. The smallest absolute Gasteiger partial charge is 0.684 e. The molecule has 0 radical (unpaired) electrons. The molecule has 1 aliphatic rings. The predicted molar refractivity (Wildman–Crippen MR) is 64.1 cm³/mol. The van der Waals surface area contributed by atoms with E-state index in [2.05, 4.69) is 16.7 Å². The topological polar surface area (TPSA) is 77.3 Å². The van der Waals surface area contributed by atoms with Crippen molar-refractivity contribution in [3.05, 3.63) is 40.2 Å². The molecule has 1 aromatic carbocycles. The van der Waals surface area contributed by atoms with E-state index in [0.29, 0.717) is 5.02 Å². The minimum Gasteiger partial charge on any atom is -0.684 e. The number of amides is 3. The maximum Gasteiger partial charge on any atom is 2.00 e. The number of rotatable bonds is 2. The molecule has 19 heavy (non-hydrogen) atoms. The number of carbonyl (C=O) groups excluding carboxylic acids is 3. The molecule has 5 nitrogen and oxygen atoms in total. The summed E-state index contributed by atoms with van der Waals surface area (Å²) in [4.78, 5) is 34.1. The van der Waals surface area contributed by atoms with Gasteiger partial charge in [0, 0.05) is 6.42 Å². The van der Waals surface area contributed by atoms with E-state index in [0.717, 1.165) is 0 Å². The Bertz CT molecular complexity index is 504. The molecule has 1 fully saturated rings. The van der Waals surface area contributed by atoms with Crippen molar-refractivity contribution in [3.63, 3.8) is 0 Å². The molecule has 1 N–H and O–H groups in total. The maximum atomic E-state index is 11.7. The van der Waals surface area contributed by atoms with Crippen LogP contribution in [0.25, 0.3) is 5.32 Å². The van der Waals surface area contributed by atoms with Crippen LogP contribution >= 0.6 is 11.6 Å². The van der Waals surface area contributed by atoms with Gasteiger partial charge < -0.3 is 10.1 Å². The maximum absolute atomic E-state index is 11.7. The Balaban J connectivity index is 0.00000180. The summed E-state index contributed by atoms with van der Waals surface area (Å²) in [5.41, 5.74) is 0.240. The standard InChI is InChI=1S/C12H10ClN2O3.W/c13-8-3-1-7(2-4-8)11(17)14-9-5-6-10(16)15-12(9)18;/h1,3-4,9H,5-6H2,(H2,14,15,16,17,18);/q-1;+2/p-1. The van der Waals surface area contributed by atoms with Crippen LogP contribution in [0.5, 0.6) is 0 Å². The van der Waals surface area contributed by atoms with Crippen LogP contribution in [0, 0.1) is 6.07 Å². The first-order chi connectivity index (χ1) is 8.56. The van der Waals surface area contributed by atoms with Crippen molar-refractivity contribution < 1.29 is 35.4 Å². The quantitative estimate of drug-likeness (QED) is 0.550. The molecular weight excluding hydrogens is 439 g/mol. The van der Waals surface area contributed by atoms with Gasteiger partial charge >= 0.3 is 21.1 Å². The van der Waals surface area contributed by atoms with Crippen LogP contribution in [0.15, 0.2) is 18.2 Å². The number of imide groups is 1. The van der Waals surface area contributed by atoms with Gasteiger partial charge in [-0.15, -0.1) is 41.4 Å². The second kappa shape index (κ2) is 6.82. The Kier molecular flexibility index (Phi) is 5.70. The fraction of sp³-hybridized carbons (Fsp3) is 0.250. The molecule has 98 valence electrons. The zero-order valence-electron chi connectivity index (χ0n) is 9.68. The minimum atomic E-state index is -0.806. The third kappa shape index (κ3) is 4.15. The summed E-state index contributed by atoms with van der Waals surface area (Å²) in [6, 6.07) is 6.36. The summed E-state index contributed by atoms with van der Waals surface area (Å²) in [7, 11) is 0. The molecule has 0 saturated carbocycles. The predicted octanol–water partition coefficient (Wildman–Crippen LogP) is 1.46. The van der Waals surface area contributed by atoms with E-state index < -0.39 is 17.9 Å². The van der Waals surface area contributed by atoms with Crippen LogP contribution in [0.1, 0.15) is 23.2 Å². The first-order valence-electron chi connectivity index (χ1n) is 5.32. The molecule has 0 bridgehead atoms. The van der Waals surface area contributed by atoms with Gasteiger partial charge in [0.1, 0.15) is 0 Å². The first kappa shape index (κ1) is 15.9. The summed E-state index contributed by atoms with van der Waals surface area (Å²) >= 11 is 5.67. The second-order valence-corrected chi connectivity index (χ2v) is 4.26. The minimum absolute atomic E-state index is 0. The Morgan fingerprint density at radius 1 is 1.42 bits per heavy atom. The van der Waals surface area contributed by atoms with Crippen LogP contribution in [0.3, 0.4) is 0 Å². The summed E-state index contributed by atoms with van der Waals surface area (Å²) in [6.07, 6.45) is 0.446. The van der Waals surface area contributed by atoms with Gasteiger partial charge in [-0.25, -0.2) is 0 Å². The van der Waals surface area contributed by atoms with Crippen LogP contribution < -0.4 is 5.32 Å². The summed E-state index contributed by atoms with van der Waals surface area (Å²) in [5.74, 6) is -1.41. The third-order valence-corrected chi connectivity index (χ3v) is 2.72. The molecule has 2 rings (SSSR count). The van der Waals surface area contributed by atoms with Crippen LogP contribution in [-0.2, 0) is 30.7 Å². The van der Waals surface area contributed by atoms with E-state index in [1.165, 1.54) is 12.1 Å². The van der Waals surface area contributed by atoms with Crippen molar-refractivity contribution in [2.45, 2.75) is 18.9 Å². The number of piperidine rings is 1. The summed E-state index contributed by atoms with van der Waals surface area (Å²) in [6.45, 7) is 0. The van der Waals surface area contributed by atoms with E-state index in [-0.39, 0.29) is 45.4 Å². The Morgan fingerprint density at radius 3 is 2.74 bits per heavy atom. The summed E-state index contributed by atoms with van der Waals surface area (Å²) in [5, 5.41) is 6.38. The molecule has 0 aromatic heterocycles. The molecule has 1 aromatic rings. The van der Waals surface area contributed by atoms with Gasteiger partial charge in [0.2, 0.25) is 11.8 Å². The Hall–Kier alpha value is -1.19. The van der Waals surface area contributed by atoms with Crippen molar-refractivity contribution in [1.29, 1.82) is 0 Å². The fourth-order valence-corrected chi connectivity index (χ4v) is 1.67. The largest absolute Gasteiger partial charge is 2.00 e. The van der Waals surface area contributed by atoms with E-state index in [1.807, 2.05) is 0 Å². The van der Waals surface area contributed by atoms with Gasteiger partial charge in [0.15, 0.2) is 0 Å². The van der Waals surface area contributed by atoms with Gasteiger partial charge in [0.05, 0.1) is 0 Å². The molecule has 1 atom stereocenters. The molecule has 3 amide bonds. The van der Waals surface area contributed by atoms with Gasteiger partial charge in [-0.05, 0) is 23.4 Å². The zero-order chi connectivity index (χ0) is 13.1. The van der Waals surface area contributed by atoms with Crippen molar-refractivity contribution in [2.75, 3.05) is 0 Å². The molecular formula is C12H9ClN2O3W. The van der Waals surface area contributed by atoms with Gasteiger partial charge in [-0.3, -0.25) is 14.9 Å². The molecule has 7 heteroatoms. The first-order valence-corrected chi connectivity index (χ1v) is 5.70. The monoisotopic (exact) mass is 448 g/mol. The molecule has 1 unspecified atom stereocenters. The van der Waals surface area contributed by atoms with Crippen LogP contribution in [0.4, 0.5) is 0 Å². The number of nitrogens with one attached hydrogen (secondary N) is 1. The molecule has 1 aliphatic heterocycles. The van der Waals surface area contributed by atoms with Gasteiger partial charge in [0.25, 0.3) is 0 Å². The average molecular weight is 449 g/mol. The van der Waals surface area contributed by atoms with Gasteiger partial charge in [-0.2, -0.15) is 0 Å². The van der Waals surface area contributed by atoms with Crippen molar-refractivity contribution >= 4 is 29.3 Å². The normalized spacial score (nSPS) is 18.3. The number of benzene rings is 1. The van der Waals surface area contributed by atoms with E-state index >= 15 is 0 Å². The fourth-order valence-electron chi connectivity index (χ4n) is 1.56. The molecule has 0 spiro atoms.